The quantitative estimate of drug-likeness (QED) is 0.795. The van der Waals surface area contributed by atoms with E-state index in [9.17, 15) is 14.4 Å². The van der Waals surface area contributed by atoms with E-state index in [1.165, 1.54) is 0 Å². The summed E-state index contributed by atoms with van der Waals surface area (Å²) in [4.78, 5) is 40.6. The molecule has 8 heteroatoms. The van der Waals surface area contributed by atoms with Crippen molar-refractivity contribution in [1.29, 1.82) is 0 Å². The maximum absolute atomic E-state index is 12.9. The minimum absolute atomic E-state index is 0.268. The number of aryl methyl sites for hydroxylation is 1. The average molecular weight is 396 g/mol. The van der Waals surface area contributed by atoms with Crippen LogP contribution in [0, 0.1) is 12.3 Å². The van der Waals surface area contributed by atoms with Gasteiger partial charge in [-0.15, -0.1) is 0 Å². The molecule has 1 aliphatic heterocycles. The Bertz CT molecular complexity index is 728. The number of nitrogens with one attached hydrogen (secondary N) is 1. The second kappa shape index (κ2) is 8.61. The molecule has 1 aromatic rings. The van der Waals surface area contributed by atoms with Crippen LogP contribution in [0.1, 0.15) is 26.3 Å². The molecule has 2 rings (SSSR count). The molecule has 27 heavy (non-hydrogen) atoms. The zero-order chi connectivity index (χ0) is 20.2. The molecule has 148 valence electrons. The van der Waals surface area contributed by atoms with Crippen molar-refractivity contribution < 1.29 is 19.1 Å². The Morgan fingerprint density at radius 2 is 1.74 bits per heavy atom. The second-order valence-corrected chi connectivity index (χ2v) is 7.45. The van der Waals surface area contributed by atoms with Crippen molar-refractivity contribution in [2.75, 3.05) is 38.1 Å². The average Bonchev–Trinajstić information content (AvgIpc) is 2.63. The predicted molar refractivity (Wildman–Crippen MR) is 104 cm³/mol. The van der Waals surface area contributed by atoms with E-state index in [-0.39, 0.29) is 17.9 Å². The topological polar surface area (TPSA) is 79.0 Å². The van der Waals surface area contributed by atoms with E-state index in [1.54, 1.807) is 48.8 Å². The number of hydrogen-bond acceptors (Lipinski definition) is 4. The first-order valence-electron chi connectivity index (χ1n) is 8.95. The molecule has 0 aliphatic carbocycles. The van der Waals surface area contributed by atoms with Gasteiger partial charge in [0, 0.05) is 36.9 Å². The van der Waals surface area contributed by atoms with E-state index >= 15 is 0 Å². The first-order chi connectivity index (χ1) is 12.7. The molecule has 0 saturated carbocycles. The highest BCUT2D eigenvalue weighted by Gasteiger charge is 2.40. The van der Waals surface area contributed by atoms with E-state index < -0.39 is 5.41 Å². The molecule has 1 saturated heterocycles. The van der Waals surface area contributed by atoms with E-state index in [2.05, 4.69) is 5.32 Å². The number of nitrogens with zero attached hydrogens (tertiary/aromatic N) is 2. The van der Waals surface area contributed by atoms with Crippen LogP contribution in [0.25, 0.3) is 0 Å². The Morgan fingerprint density at radius 1 is 1.15 bits per heavy atom. The lowest BCUT2D eigenvalue weighted by Gasteiger charge is -2.37. The van der Waals surface area contributed by atoms with Crippen LogP contribution in [0.5, 0.6) is 0 Å². The summed E-state index contributed by atoms with van der Waals surface area (Å²) in [5.41, 5.74) is 0.206. The van der Waals surface area contributed by atoms with E-state index in [4.69, 9.17) is 16.3 Å². The number of piperazine rings is 1. The first-order valence-corrected chi connectivity index (χ1v) is 9.33. The Kier molecular flexibility index (Phi) is 6.70. The number of rotatable bonds is 4. The Morgan fingerprint density at radius 3 is 2.30 bits per heavy atom. The minimum atomic E-state index is -1.24. The molecule has 7 nitrogen and oxygen atoms in total. The number of ether oxygens (including phenoxy) is 1. The van der Waals surface area contributed by atoms with E-state index in [0.29, 0.717) is 43.5 Å². The number of halogens is 1. The minimum Gasteiger partial charge on any atom is -0.450 e. The molecular formula is C19H26ClN3O4. The van der Waals surface area contributed by atoms with Gasteiger partial charge in [-0.3, -0.25) is 9.59 Å². The molecule has 0 aromatic heterocycles. The lowest BCUT2D eigenvalue weighted by atomic mass is 9.89. The number of hydrogen-bond donors (Lipinski definition) is 1. The molecule has 1 fully saturated rings. The van der Waals surface area contributed by atoms with E-state index in [0.717, 1.165) is 5.56 Å². The standard InChI is InChI=1S/C19H26ClN3O4/c1-5-27-18(26)23-10-8-22(9-11-23)17(25)19(3,4)16(24)21-15-7-6-14(20)12-13(15)2/h6-7,12H,5,8-11H2,1-4H3,(H,21,24). The third-order valence-corrected chi connectivity index (χ3v) is 4.87. The van der Waals surface area contributed by atoms with Gasteiger partial charge in [-0.05, 0) is 51.5 Å². The van der Waals surface area contributed by atoms with Gasteiger partial charge < -0.3 is 19.9 Å². The molecular weight excluding hydrogens is 370 g/mol. The molecule has 0 unspecified atom stereocenters. The van der Waals surface area contributed by atoms with Crippen molar-refractivity contribution in [1.82, 2.24) is 9.80 Å². The van der Waals surface area contributed by atoms with Gasteiger partial charge in [-0.1, -0.05) is 11.6 Å². The SMILES string of the molecule is CCOC(=O)N1CCN(C(=O)C(C)(C)C(=O)Nc2ccc(Cl)cc2C)CC1. The summed E-state index contributed by atoms with van der Waals surface area (Å²) in [6.07, 6.45) is -0.375. The highest BCUT2D eigenvalue weighted by molar-refractivity contribution is 6.30. The number of benzene rings is 1. The molecule has 1 aliphatic rings. The van der Waals surface area contributed by atoms with Crippen molar-refractivity contribution in [2.24, 2.45) is 5.41 Å². The van der Waals surface area contributed by atoms with Crippen molar-refractivity contribution in [3.05, 3.63) is 28.8 Å². The van der Waals surface area contributed by atoms with Crippen molar-refractivity contribution in [3.8, 4) is 0 Å². The third kappa shape index (κ3) is 4.91. The third-order valence-electron chi connectivity index (χ3n) is 4.63. The summed E-state index contributed by atoms with van der Waals surface area (Å²) in [7, 11) is 0. The van der Waals surface area contributed by atoms with Crippen LogP contribution < -0.4 is 5.32 Å². The number of carbonyl (C=O) groups excluding carboxylic acids is 3. The predicted octanol–water partition coefficient (Wildman–Crippen LogP) is 2.91. The number of carbonyl (C=O) groups is 3. The van der Waals surface area contributed by atoms with E-state index in [1.807, 2.05) is 6.92 Å². The van der Waals surface area contributed by atoms with Gasteiger partial charge >= 0.3 is 6.09 Å². The van der Waals surface area contributed by atoms with Crippen LogP contribution in [-0.4, -0.2) is 60.5 Å². The molecule has 0 atom stereocenters. The number of amides is 3. The fourth-order valence-electron chi connectivity index (χ4n) is 2.85. The largest absolute Gasteiger partial charge is 0.450 e. The van der Waals surface area contributed by atoms with Gasteiger partial charge in [0.05, 0.1) is 6.61 Å². The zero-order valence-corrected chi connectivity index (χ0v) is 16.9. The van der Waals surface area contributed by atoms with Crippen molar-refractivity contribution >= 4 is 35.2 Å². The normalized spacial score (nSPS) is 14.7. The Labute approximate surface area is 164 Å². The molecule has 1 aromatic carbocycles. The van der Waals surface area contributed by atoms with Crippen LogP contribution in [-0.2, 0) is 14.3 Å². The zero-order valence-electron chi connectivity index (χ0n) is 16.2. The Hall–Kier alpha value is -2.28. The van der Waals surface area contributed by atoms with Gasteiger partial charge in [-0.2, -0.15) is 0 Å². The summed E-state index contributed by atoms with van der Waals surface area (Å²) in [6.45, 7) is 8.63. The smallest absolute Gasteiger partial charge is 0.409 e. The fourth-order valence-corrected chi connectivity index (χ4v) is 3.07. The lowest BCUT2D eigenvalue weighted by molar-refractivity contribution is -0.147. The van der Waals surface area contributed by atoms with Crippen LogP contribution in [0.4, 0.5) is 10.5 Å². The fraction of sp³-hybridized carbons (Fsp3) is 0.526. The van der Waals surface area contributed by atoms with Crippen LogP contribution in [0.3, 0.4) is 0 Å². The summed E-state index contributed by atoms with van der Waals surface area (Å²) in [5.74, 6) is -0.652. The summed E-state index contributed by atoms with van der Waals surface area (Å²) >= 11 is 5.94. The van der Waals surface area contributed by atoms with Gasteiger partial charge in [0.15, 0.2) is 0 Å². The summed E-state index contributed by atoms with van der Waals surface area (Å²) in [6, 6.07) is 5.16. The van der Waals surface area contributed by atoms with Crippen molar-refractivity contribution in [3.63, 3.8) is 0 Å². The van der Waals surface area contributed by atoms with Gasteiger partial charge in [0.2, 0.25) is 11.8 Å². The van der Waals surface area contributed by atoms with Crippen LogP contribution in [0.2, 0.25) is 5.02 Å². The lowest BCUT2D eigenvalue weighted by Crippen LogP contribution is -2.55. The molecule has 0 bridgehead atoms. The van der Waals surface area contributed by atoms with Gasteiger partial charge in [0.1, 0.15) is 5.41 Å². The molecule has 3 amide bonds. The summed E-state index contributed by atoms with van der Waals surface area (Å²) < 4.78 is 4.98. The van der Waals surface area contributed by atoms with Gasteiger partial charge in [-0.25, -0.2) is 4.79 Å². The maximum atomic E-state index is 12.9. The summed E-state index contributed by atoms with van der Waals surface area (Å²) in [5, 5.41) is 3.40. The second-order valence-electron chi connectivity index (χ2n) is 7.02. The molecule has 0 spiro atoms. The monoisotopic (exact) mass is 395 g/mol. The van der Waals surface area contributed by atoms with Crippen LogP contribution in [0.15, 0.2) is 18.2 Å². The van der Waals surface area contributed by atoms with Crippen molar-refractivity contribution in [2.45, 2.75) is 27.7 Å². The highest BCUT2D eigenvalue weighted by atomic mass is 35.5. The highest BCUT2D eigenvalue weighted by Crippen LogP contribution is 2.25. The van der Waals surface area contributed by atoms with Gasteiger partial charge in [0.25, 0.3) is 0 Å². The number of anilines is 1. The Balaban J connectivity index is 2.00. The molecule has 1 heterocycles. The maximum Gasteiger partial charge on any atom is 0.409 e. The molecule has 1 N–H and O–H groups in total. The molecule has 0 radical (unpaired) electrons. The van der Waals surface area contributed by atoms with Crippen LogP contribution >= 0.6 is 11.6 Å². The first kappa shape index (κ1) is 21.0.